The Kier molecular flexibility index (Phi) is 4.78. The topological polar surface area (TPSA) is 270 Å². The Labute approximate surface area is 175 Å². The molecule has 0 aromatic heterocycles. The Morgan fingerprint density at radius 2 is 0.938 bits per heavy atom. The second kappa shape index (κ2) is 6.75. The first-order valence-electron chi connectivity index (χ1n) is 7.63. The van der Waals surface area contributed by atoms with Crippen molar-refractivity contribution in [2.24, 2.45) is 0 Å². The lowest BCUT2D eigenvalue weighted by Crippen LogP contribution is -2.25. The molecule has 1 aliphatic rings. The van der Waals surface area contributed by atoms with Crippen molar-refractivity contribution in [3.8, 4) is 11.5 Å². The van der Waals surface area contributed by atoms with Crippen LogP contribution < -0.4 is 0 Å². The maximum absolute atomic E-state index is 12.9. The highest BCUT2D eigenvalue weighted by Gasteiger charge is 2.47. The van der Waals surface area contributed by atoms with Crippen molar-refractivity contribution in [1.29, 1.82) is 0 Å². The van der Waals surface area contributed by atoms with E-state index in [2.05, 4.69) is 0 Å². The largest absolute Gasteiger partial charge is 0.506 e. The molecule has 4 N–H and O–H groups in total. The molecule has 16 nitrogen and oxygen atoms in total. The molecule has 2 aromatic carbocycles. The van der Waals surface area contributed by atoms with Crippen LogP contribution >= 0.6 is 0 Å². The van der Waals surface area contributed by atoms with E-state index in [1.165, 1.54) is 0 Å². The molecular formula is C14H6N2O14S2. The average molecular weight is 490 g/mol. The number of phenolic OH excluding ortho intramolecular Hbond substituents is 2. The molecule has 1 aliphatic carbocycles. The summed E-state index contributed by atoms with van der Waals surface area (Å²) < 4.78 is 64.2. The third-order valence-corrected chi connectivity index (χ3v) is 6.08. The van der Waals surface area contributed by atoms with E-state index in [9.17, 15) is 66.0 Å². The number of carbonyl (C=O) groups excluding carboxylic acids is 2. The predicted octanol–water partition coefficient (Wildman–Crippen LogP) is 0.183. The quantitative estimate of drug-likeness (QED) is 0.216. The lowest BCUT2D eigenvalue weighted by Gasteiger charge is -2.20. The lowest BCUT2D eigenvalue weighted by atomic mass is 9.81. The monoisotopic (exact) mass is 490 g/mol. The minimum absolute atomic E-state index is 0.0117. The minimum atomic E-state index is -5.42. The van der Waals surface area contributed by atoms with Crippen molar-refractivity contribution in [2.75, 3.05) is 0 Å². The van der Waals surface area contributed by atoms with Gasteiger partial charge in [-0.1, -0.05) is 0 Å². The second-order valence-electron chi connectivity index (χ2n) is 6.11. The van der Waals surface area contributed by atoms with Gasteiger partial charge < -0.3 is 10.2 Å². The Bertz CT molecular complexity index is 1410. The molecule has 0 bridgehead atoms. The smallest absolute Gasteiger partial charge is 0.298 e. The van der Waals surface area contributed by atoms with E-state index in [0.717, 1.165) is 0 Å². The number of fused-ring (bicyclic) bond motifs is 2. The zero-order chi connectivity index (χ0) is 24.5. The molecule has 0 unspecified atom stereocenters. The number of nitro benzene ring substituents is 2. The van der Waals surface area contributed by atoms with Gasteiger partial charge in [0.1, 0.15) is 32.4 Å². The van der Waals surface area contributed by atoms with Crippen molar-refractivity contribution in [3.05, 3.63) is 54.6 Å². The predicted molar refractivity (Wildman–Crippen MR) is 96.0 cm³/mol. The number of aromatic hydroxyl groups is 2. The van der Waals surface area contributed by atoms with Crippen molar-refractivity contribution < 1.29 is 55.6 Å². The van der Waals surface area contributed by atoms with Crippen LogP contribution in [0.2, 0.25) is 0 Å². The number of ketones is 2. The van der Waals surface area contributed by atoms with Crippen LogP contribution in [0, 0.1) is 20.2 Å². The first kappa shape index (κ1) is 22.7. The third-order valence-electron chi connectivity index (χ3n) is 4.35. The number of nitro groups is 2. The van der Waals surface area contributed by atoms with Crippen LogP contribution in [0.3, 0.4) is 0 Å². The van der Waals surface area contributed by atoms with E-state index in [1.54, 1.807) is 0 Å². The van der Waals surface area contributed by atoms with Crippen LogP contribution in [0.15, 0.2) is 21.9 Å². The number of benzene rings is 2. The molecule has 0 heterocycles. The van der Waals surface area contributed by atoms with E-state index in [1.807, 2.05) is 0 Å². The van der Waals surface area contributed by atoms with Gasteiger partial charge in [0, 0.05) is 12.1 Å². The van der Waals surface area contributed by atoms with Crippen LogP contribution in [0.25, 0.3) is 0 Å². The Balaban J connectivity index is 2.62. The summed E-state index contributed by atoms with van der Waals surface area (Å²) in [5, 5.41) is 43.1. The van der Waals surface area contributed by atoms with Gasteiger partial charge in [0.2, 0.25) is 11.6 Å². The minimum Gasteiger partial charge on any atom is -0.506 e. The molecule has 3 rings (SSSR count). The first-order chi connectivity index (χ1) is 14.5. The van der Waals surface area contributed by atoms with Gasteiger partial charge in [-0.15, -0.1) is 0 Å². The highest BCUT2D eigenvalue weighted by Crippen LogP contribution is 2.47. The van der Waals surface area contributed by atoms with Gasteiger partial charge in [0.15, 0.2) is 0 Å². The number of hydrogen-bond donors (Lipinski definition) is 4. The van der Waals surface area contributed by atoms with Gasteiger partial charge in [-0.3, -0.25) is 38.9 Å². The fourth-order valence-corrected chi connectivity index (χ4v) is 4.32. The van der Waals surface area contributed by atoms with Crippen LogP contribution in [0.4, 0.5) is 11.4 Å². The number of rotatable bonds is 4. The van der Waals surface area contributed by atoms with Crippen LogP contribution in [0.1, 0.15) is 31.8 Å². The summed E-state index contributed by atoms with van der Waals surface area (Å²) in [6.07, 6.45) is 0. The number of phenols is 2. The summed E-state index contributed by atoms with van der Waals surface area (Å²) in [7, 11) is -10.8. The molecule has 0 atom stereocenters. The molecule has 32 heavy (non-hydrogen) atoms. The standard InChI is InChI=1S/C14H6N2O14S2/c17-11-5(31(25,26)27)1-3(15(21)22)7-9(11)14(20)8-4(16(23)24)2-6(32(28,29)30)12(18)10(8)13(7)19/h1-2,17-18H,(H,25,26,27)(H,28,29,30). The highest BCUT2D eigenvalue weighted by molar-refractivity contribution is 7.86. The van der Waals surface area contributed by atoms with Crippen molar-refractivity contribution >= 4 is 43.2 Å². The number of carbonyl (C=O) groups is 2. The maximum atomic E-state index is 12.9. The van der Waals surface area contributed by atoms with E-state index < -0.39 is 96.6 Å². The average Bonchev–Trinajstić information content (AvgIpc) is 2.62. The summed E-state index contributed by atoms with van der Waals surface area (Å²) in [4.78, 5) is 42.7. The fourth-order valence-electron chi connectivity index (χ4n) is 3.10. The summed E-state index contributed by atoms with van der Waals surface area (Å²) in [6.45, 7) is 0. The Hall–Kier alpha value is -4.00. The molecule has 0 spiro atoms. The van der Waals surface area contributed by atoms with Gasteiger partial charge >= 0.3 is 0 Å². The van der Waals surface area contributed by atoms with Crippen molar-refractivity contribution in [1.82, 2.24) is 0 Å². The van der Waals surface area contributed by atoms with Crippen LogP contribution in [0.5, 0.6) is 11.5 Å². The van der Waals surface area contributed by atoms with E-state index >= 15 is 0 Å². The van der Waals surface area contributed by atoms with Crippen LogP contribution in [-0.2, 0) is 20.2 Å². The molecule has 0 saturated carbocycles. The first-order valence-corrected chi connectivity index (χ1v) is 10.5. The Morgan fingerprint density at radius 3 is 1.16 bits per heavy atom. The van der Waals surface area contributed by atoms with E-state index in [4.69, 9.17) is 0 Å². The van der Waals surface area contributed by atoms with Gasteiger partial charge in [-0.25, -0.2) is 0 Å². The fraction of sp³-hybridized carbons (Fsp3) is 0. The van der Waals surface area contributed by atoms with Gasteiger partial charge in [0.05, 0.1) is 21.0 Å². The molecular weight excluding hydrogens is 484 g/mol. The van der Waals surface area contributed by atoms with Gasteiger partial charge in [-0.2, -0.15) is 16.8 Å². The molecule has 18 heteroatoms. The second-order valence-corrected chi connectivity index (χ2v) is 8.89. The molecule has 0 fully saturated rings. The zero-order valence-corrected chi connectivity index (χ0v) is 16.4. The highest BCUT2D eigenvalue weighted by atomic mass is 32.2. The lowest BCUT2D eigenvalue weighted by molar-refractivity contribution is -0.385. The number of nitrogens with zero attached hydrogens (tertiary/aromatic N) is 2. The van der Waals surface area contributed by atoms with E-state index in [0.29, 0.717) is 0 Å². The van der Waals surface area contributed by atoms with Crippen LogP contribution in [-0.4, -0.2) is 57.6 Å². The molecule has 0 aliphatic heterocycles. The molecule has 2 aromatic rings. The zero-order valence-electron chi connectivity index (χ0n) is 14.7. The third kappa shape index (κ3) is 3.13. The SMILES string of the molecule is O=C1c2c([N+](=O)[O-])cc(S(=O)(=O)O)c(O)c2C(=O)c2c([N+](=O)[O-])cc(S(=O)(=O)O)c(O)c21. The summed E-state index contributed by atoms with van der Waals surface area (Å²) in [5.41, 5.74) is -8.51. The van der Waals surface area contributed by atoms with Crippen molar-refractivity contribution in [3.63, 3.8) is 0 Å². The van der Waals surface area contributed by atoms with Gasteiger partial charge in [-0.05, 0) is 0 Å². The summed E-state index contributed by atoms with van der Waals surface area (Å²) in [5.74, 6) is -6.90. The maximum Gasteiger partial charge on any atom is 0.298 e. The molecule has 0 saturated heterocycles. The summed E-state index contributed by atoms with van der Waals surface area (Å²) >= 11 is 0. The van der Waals surface area contributed by atoms with E-state index in [-0.39, 0.29) is 12.1 Å². The Morgan fingerprint density at radius 1 is 0.656 bits per heavy atom. The van der Waals surface area contributed by atoms with Crippen molar-refractivity contribution in [2.45, 2.75) is 9.79 Å². The molecule has 0 radical (unpaired) electrons. The molecule has 0 amide bonds. The number of hydrogen-bond acceptors (Lipinski definition) is 12. The summed E-state index contributed by atoms with van der Waals surface area (Å²) in [6, 6.07) is 0.0234. The normalized spacial score (nSPS) is 13.4. The van der Waals surface area contributed by atoms with Gasteiger partial charge in [0.25, 0.3) is 31.6 Å². The molecule has 168 valence electrons.